The Morgan fingerprint density at radius 2 is 1.88 bits per heavy atom. The molecule has 34 heavy (non-hydrogen) atoms. The van der Waals surface area contributed by atoms with Crippen LogP contribution in [0.2, 0.25) is 0 Å². The van der Waals surface area contributed by atoms with Crippen LogP contribution in [0.15, 0.2) is 48.7 Å². The van der Waals surface area contributed by atoms with Gasteiger partial charge in [-0.3, -0.25) is 4.79 Å². The van der Waals surface area contributed by atoms with E-state index in [0.717, 1.165) is 47.8 Å². The van der Waals surface area contributed by atoms with Crippen molar-refractivity contribution in [2.75, 3.05) is 43.6 Å². The average Bonchev–Trinajstić information content (AvgIpc) is 2.84. The van der Waals surface area contributed by atoms with Crippen LogP contribution in [0.4, 0.5) is 17.5 Å². The normalized spacial score (nSPS) is 17.0. The summed E-state index contributed by atoms with van der Waals surface area (Å²) in [5.74, 6) is 1.05. The van der Waals surface area contributed by atoms with Gasteiger partial charge in [-0.2, -0.15) is 4.98 Å². The van der Waals surface area contributed by atoms with Crippen LogP contribution in [-0.4, -0.2) is 59.4 Å². The predicted molar refractivity (Wildman–Crippen MR) is 128 cm³/mol. The van der Waals surface area contributed by atoms with Gasteiger partial charge in [0.15, 0.2) is 0 Å². The molecule has 9 heteroatoms. The second-order valence-electron chi connectivity index (χ2n) is 8.57. The van der Waals surface area contributed by atoms with E-state index in [1.807, 2.05) is 36.4 Å². The number of methoxy groups -OCH3 is 1. The molecule has 0 unspecified atom stereocenters. The molecule has 3 aromatic rings. The fourth-order valence-electron chi connectivity index (χ4n) is 4.40. The molecule has 2 aliphatic rings. The average molecular weight is 462 g/mol. The van der Waals surface area contributed by atoms with Gasteiger partial charge in [0.25, 0.3) is 0 Å². The molecule has 1 aromatic carbocycles. The Kier molecular flexibility index (Phi) is 6.02. The number of pyridine rings is 1. The van der Waals surface area contributed by atoms with E-state index in [4.69, 9.17) is 19.4 Å². The summed E-state index contributed by atoms with van der Waals surface area (Å²) < 4.78 is 10.7. The van der Waals surface area contributed by atoms with Gasteiger partial charge in [-0.15, -0.1) is 0 Å². The number of carboxylic acids is 1. The SMILES string of the molecule is COc1ccc(-c2cc(N3CCOCC3)nc(Nc3ccc(C4(C(=O)O)CCC4)cc3)n2)cn1. The van der Waals surface area contributed by atoms with Crippen molar-refractivity contribution in [1.82, 2.24) is 15.0 Å². The third kappa shape index (κ3) is 4.26. The first-order valence-electron chi connectivity index (χ1n) is 11.4. The van der Waals surface area contributed by atoms with Gasteiger partial charge in [-0.05, 0) is 36.6 Å². The standard InChI is InChI=1S/C25H27N5O4/c1-33-22-8-3-17(16-26-22)20-15-21(30-11-13-34-14-12-30)29-24(28-20)27-19-6-4-18(5-7-19)25(23(31)32)9-2-10-25/h3-8,15-16H,2,9-14H2,1H3,(H,31,32)(H,27,28,29). The van der Waals surface area contributed by atoms with Crippen LogP contribution in [-0.2, 0) is 14.9 Å². The van der Waals surface area contributed by atoms with Crippen LogP contribution in [0.5, 0.6) is 5.88 Å². The molecule has 1 aliphatic carbocycles. The van der Waals surface area contributed by atoms with Crippen LogP contribution in [0.1, 0.15) is 24.8 Å². The molecule has 2 fully saturated rings. The first kappa shape index (κ1) is 22.1. The smallest absolute Gasteiger partial charge is 0.314 e. The van der Waals surface area contributed by atoms with E-state index >= 15 is 0 Å². The summed E-state index contributed by atoms with van der Waals surface area (Å²) in [7, 11) is 1.58. The highest BCUT2D eigenvalue weighted by atomic mass is 16.5. The lowest BCUT2D eigenvalue weighted by atomic mass is 9.64. The zero-order valence-electron chi connectivity index (χ0n) is 19.0. The molecule has 1 aliphatic heterocycles. The Labute approximate surface area is 197 Å². The van der Waals surface area contributed by atoms with Crippen molar-refractivity contribution in [2.45, 2.75) is 24.7 Å². The van der Waals surface area contributed by atoms with Crippen molar-refractivity contribution in [1.29, 1.82) is 0 Å². The molecule has 1 saturated heterocycles. The predicted octanol–water partition coefficient (Wildman–Crippen LogP) is 3.63. The van der Waals surface area contributed by atoms with Gasteiger partial charge >= 0.3 is 5.97 Å². The molecule has 0 bridgehead atoms. The molecule has 2 N–H and O–H groups in total. The van der Waals surface area contributed by atoms with Crippen molar-refractivity contribution in [3.63, 3.8) is 0 Å². The highest BCUT2D eigenvalue weighted by molar-refractivity contribution is 5.82. The van der Waals surface area contributed by atoms with Crippen LogP contribution >= 0.6 is 0 Å². The van der Waals surface area contributed by atoms with Crippen LogP contribution in [0.3, 0.4) is 0 Å². The van der Waals surface area contributed by atoms with Crippen molar-refractivity contribution in [3.8, 4) is 17.1 Å². The van der Waals surface area contributed by atoms with Gasteiger partial charge in [0.05, 0.1) is 31.4 Å². The Morgan fingerprint density at radius 1 is 1.12 bits per heavy atom. The molecule has 2 aromatic heterocycles. The van der Waals surface area contributed by atoms with E-state index in [2.05, 4.69) is 15.2 Å². The van der Waals surface area contributed by atoms with Gasteiger partial charge in [0, 0.05) is 42.7 Å². The number of hydrogen-bond acceptors (Lipinski definition) is 8. The third-order valence-corrected chi connectivity index (χ3v) is 6.60. The molecule has 9 nitrogen and oxygen atoms in total. The lowest BCUT2D eigenvalue weighted by Crippen LogP contribution is -2.42. The summed E-state index contributed by atoms with van der Waals surface area (Å²) in [6.45, 7) is 2.81. The summed E-state index contributed by atoms with van der Waals surface area (Å²) in [5.41, 5.74) is 2.47. The maximum absolute atomic E-state index is 11.8. The van der Waals surface area contributed by atoms with Gasteiger partial charge in [-0.1, -0.05) is 18.6 Å². The number of rotatable bonds is 7. The molecule has 0 amide bonds. The van der Waals surface area contributed by atoms with E-state index in [-0.39, 0.29) is 0 Å². The minimum atomic E-state index is -0.751. The first-order valence-corrected chi connectivity index (χ1v) is 11.4. The van der Waals surface area contributed by atoms with Gasteiger partial charge in [-0.25, -0.2) is 9.97 Å². The lowest BCUT2D eigenvalue weighted by molar-refractivity contribution is -0.147. The highest BCUT2D eigenvalue weighted by Gasteiger charge is 2.45. The van der Waals surface area contributed by atoms with Crippen molar-refractivity contribution in [2.24, 2.45) is 0 Å². The number of aliphatic carboxylic acids is 1. The number of nitrogens with zero attached hydrogens (tertiary/aromatic N) is 4. The van der Waals surface area contributed by atoms with E-state index in [1.54, 1.807) is 19.4 Å². The van der Waals surface area contributed by atoms with E-state index in [9.17, 15) is 9.90 Å². The van der Waals surface area contributed by atoms with Crippen LogP contribution in [0, 0.1) is 0 Å². The summed E-state index contributed by atoms with van der Waals surface area (Å²) >= 11 is 0. The van der Waals surface area contributed by atoms with Crippen LogP contribution in [0.25, 0.3) is 11.3 Å². The number of nitrogens with one attached hydrogen (secondary N) is 1. The molecular weight excluding hydrogens is 434 g/mol. The molecule has 1 saturated carbocycles. The Hall–Kier alpha value is -3.72. The fourth-order valence-corrected chi connectivity index (χ4v) is 4.40. The maximum atomic E-state index is 11.8. The van der Waals surface area contributed by atoms with Crippen molar-refractivity contribution >= 4 is 23.4 Å². The number of morpholine rings is 1. The second kappa shape index (κ2) is 9.26. The first-order chi connectivity index (χ1) is 16.6. The topological polar surface area (TPSA) is 110 Å². The minimum absolute atomic E-state index is 0.458. The van der Waals surface area contributed by atoms with Crippen LogP contribution < -0.4 is 15.0 Å². The van der Waals surface area contributed by atoms with E-state index < -0.39 is 11.4 Å². The summed E-state index contributed by atoms with van der Waals surface area (Å²) in [4.78, 5) is 27.8. The Balaban J connectivity index is 1.44. The quantitative estimate of drug-likeness (QED) is 0.545. The van der Waals surface area contributed by atoms with Gasteiger partial charge in [0.1, 0.15) is 5.82 Å². The largest absolute Gasteiger partial charge is 0.481 e. The number of ether oxygens (including phenoxy) is 2. The molecular formula is C25H27N5O4. The zero-order chi connectivity index (χ0) is 23.5. The summed E-state index contributed by atoms with van der Waals surface area (Å²) in [5, 5.41) is 13.0. The van der Waals surface area contributed by atoms with Gasteiger partial charge < -0.3 is 24.8 Å². The number of aromatic nitrogens is 3. The molecule has 5 rings (SSSR count). The maximum Gasteiger partial charge on any atom is 0.314 e. The Morgan fingerprint density at radius 3 is 2.47 bits per heavy atom. The van der Waals surface area contributed by atoms with E-state index in [1.165, 1.54) is 0 Å². The third-order valence-electron chi connectivity index (χ3n) is 6.60. The molecule has 0 radical (unpaired) electrons. The summed E-state index contributed by atoms with van der Waals surface area (Å²) in [6, 6.07) is 13.2. The minimum Gasteiger partial charge on any atom is -0.481 e. The number of hydrogen-bond donors (Lipinski definition) is 2. The van der Waals surface area contributed by atoms with Crippen molar-refractivity contribution < 1.29 is 19.4 Å². The number of carbonyl (C=O) groups is 1. The second-order valence-corrected chi connectivity index (χ2v) is 8.57. The molecule has 3 heterocycles. The van der Waals surface area contributed by atoms with Crippen molar-refractivity contribution in [3.05, 3.63) is 54.2 Å². The monoisotopic (exact) mass is 461 g/mol. The van der Waals surface area contributed by atoms with Gasteiger partial charge in [0.2, 0.25) is 11.8 Å². The molecule has 176 valence electrons. The lowest BCUT2D eigenvalue weighted by Gasteiger charge is -2.38. The Bertz CT molecular complexity index is 1160. The molecule has 0 spiro atoms. The molecule has 0 atom stereocenters. The number of benzene rings is 1. The zero-order valence-corrected chi connectivity index (χ0v) is 19.0. The highest BCUT2D eigenvalue weighted by Crippen LogP contribution is 2.44. The van der Waals surface area contributed by atoms with E-state index in [0.29, 0.717) is 37.9 Å². The summed E-state index contributed by atoms with van der Waals surface area (Å²) in [6.07, 6.45) is 4.03. The number of anilines is 3. The number of carboxylic acid groups (broad SMARTS) is 1. The fraction of sp³-hybridized carbons (Fsp3) is 0.360.